The van der Waals surface area contributed by atoms with E-state index in [1.165, 1.54) is 17.5 Å². The molecule has 0 spiro atoms. The fourth-order valence-corrected chi connectivity index (χ4v) is 3.89. The molecule has 1 fully saturated rings. The molecule has 0 saturated heterocycles. The van der Waals surface area contributed by atoms with Crippen molar-refractivity contribution in [3.05, 3.63) is 47.5 Å². The van der Waals surface area contributed by atoms with Crippen molar-refractivity contribution in [3.63, 3.8) is 0 Å². The normalized spacial score (nSPS) is 31.8. The summed E-state index contributed by atoms with van der Waals surface area (Å²) in [5.41, 5.74) is 2.67. The predicted molar refractivity (Wildman–Crippen MR) is 75.0 cm³/mol. The van der Waals surface area contributed by atoms with Crippen LogP contribution in [0.3, 0.4) is 0 Å². The minimum atomic E-state index is -0.672. The zero-order valence-electron chi connectivity index (χ0n) is 11.3. The van der Waals surface area contributed by atoms with E-state index in [1.54, 1.807) is 0 Å². The Kier molecular flexibility index (Phi) is 3.17. The molecule has 0 aromatic heterocycles. The van der Waals surface area contributed by atoms with E-state index in [1.807, 2.05) is 0 Å². The Labute approximate surface area is 114 Å². The lowest BCUT2D eigenvalue weighted by Crippen LogP contribution is -2.19. The quantitative estimate of drug-likeness (QED) is 0.833. The minimum Gasteiger partial charge on any atom is -0.481 e. The highest BCUT2D eigenvalue weighted by Crippen LogP contribution is 2.54. The number of allylic oxidation sites excluding steroid dienone is 2. The maximum Gasteiger partial charge on any atom is 0.303 e. The van der Waals surface area contributed by atoms with Crippen molar-refractivity contribution in [2.45, 2.75) is 32.1 Å². The summed E-state index contributed by atoms with van der Waals surface area (Å²) in [5, 5.41) is 8.92. The SMILES string of the molecule is Cc1ccc(C2C3C=CC(C3)C2CCC(=O)O)cc1. The monoisotopic (exact) mass is 256 g/mol. The number of aliphatic carboxylic acids is 1. The Morgan fingerprint density at radius 2 is 1.89 bits per heavy atom. The molecule has 4 unspecified atom stereocenters. The van der Waals surface area contributed by atoms with E-state index >= 15 is 0 Å². The smallest absolute Gasteiger partial charge is 0.303 e. The van der Waals surface area contributed by atoms with Crippen LogP contribution in [0.25, 0.3) is 0 Å². The first-order valence-corrected chi connectivity index (χ1v) is 7.12. The summed E-state index contributed by atoms with van der Waals surface area (Å²) in [5.74, 6) is 1.57. The second kappa shape index (κ2) is 4.84. The van der Waals surface area contributed by atoms with Crippen molar-refractivity contribution in [3.8, 4) is 0 Å². The molecule has 4 atom stereocenters. The summed E-state index contributed by atoms with van der Waals surface area (Å²) in [4.78, 5) is 10.8. The maximum absolute atomic E-state index is 10.8. The van der Waals surface area contributed by atoms with Gasteiger partial charge in [-0.2, -0.15) is 0 Å². The molecule has 2 aliphatic rings. The molecule has 2 bridgehead atoms. The van der Waals surface area contributed by atoms with Crippen molar-refractivity contribution >= 4 is 5.97 Å². The summed E-state index contributed by atoms with van der Waals surface area (Å²) < 4.78 is 0. The highest BCUT2D eigenvalue weighted by atomic mass is 16.4. The van der Waals surface area contributed by atoms with Crippen LogP contribution in [-0.2, 0) is 4.79 Å². The summed E-state index contributed by atoms with van der Waals surface area (Å²) in [6.07, 6.45) is 6.96. The molecular formula is C17H20O2. The number of hydrogen-bond donors (Lipinski definition) is 1. The van der Waals surface area contributed by atoms with Gasteiger partial charge >= 0.3 is 5.97 Å². The number of carboxylic acids is 1. The highest BCUT2D eigenvalue weighted by molar-refractivity contribution is 5.66. The first-order valence-electron chi connectivity index (χ1n) is 7.12. The fourth-order valence-electron chi connectivity index (χ4n) is 3.89. The van der Waals surface area contributed by atoms with E-state index in [9.17, 15) is 4.79 Å². The van der Waals surface area contributed by atoms with Gasteiger partial charge in [0, 0.05) is 6.42 Å². The summed E-state index contributed by atoms with van der Waals surface area (Å²) in [6.45, 7) is 2.10. The van der Waals surface area contributed by atoms with Crippen molar-refractivity contribution < 1.29 is 9.90 Å². The van der Waals surface area contributed by atoms with Gasteiger partial charge in [0.15, 0.2) is 0 Å². The summed E-state index contributed by atoms with van der Waals surface area (Å²) >= 11 is 0. The first-order chi connectivity index (χ1) is 9.15. The van der Waals surface area contributed by atoms with E-state index in [4.69, 9.17) is 5.11 Å². The van der Waals surface area contributed by atoms with E-state index in [0.29, 0.717) is 30.1 Å². The molecule has 2 heteroatoms. The Morgan fingerprint density at radius 1 is 1.21 bits per heavy atom. The van der Waals surface area contributed by atoms with Gasteiger partial charge in [-0.3, -0.25) is 4.79 Å². The Hall–Kier alpha value is -1.57. The number of hydrogen-bond acceptors (Lipinski definition) is 1. The lowest BCUT2D eigenvalue weighted by atomic mass is 9.76. The van der Waals surface area contributed by atoms with Crippen LogP contribution < -0.4 is 0 Å². The molecule has 1 aromatic rings. The van der Waals surface area contributed by atoms with E-state index < -0.39 is 5.97 Å². The van der Waals surface area contributed by atoms with Gasteiger partial charge in [0.1, 0.15) is 0 Å². The molecule has 19 heavy (non-hydrogen) atoms. The number of fused-ring (bicyclic) bond motifs is 2. The van der Waals surface area contributed by atoms with Gasteiger partial charge in [-0.1, -0.05) is 42.0 Å². The number of carboxylic acid groups (broad SMARTS) is 1. The minimum absolute atomic E-state index is 0.296. The molecule has 0 heterocycles. The average Bonchev–Trinajstić information content (AvgIpc) is 2.97. The Balaban J connectivity index is 1.83. The molecule has 3 rings (SSSR count). The third-order valence-corrected chi connectivity index (χ3v) is 4.78. The van der Waals surface area contributed by atoms with E-state index in [2.05, 4.69) is 43.3 Å². The summed E-state index contributed by atoms with van der Waals surface area (Å²) in [7, 11) is 0. The van der Waals surface area contributed by atoms with Crippen molar-refractivity contribution in [1.82, 2.24) is 0 Å². The van der Waals surface area contributed by atoms with Gasteiger partial charge in [0.2, 0.25) is 0 Å². The van der Waals surface area contributed by atoms with E-state index in [-0.39, 0.29) is 0 Å². The van der Waals surface area contributed by atoms with Crippen LogP contribution >= 0.6 is 0 Å². The van der Waals surface area contributed by atoms with Gasteiger partial charge in [-0.05, 0) is 49.0 Å². The van der Waals surface area contributed by atoms with Crippen LogP contribution in [0.1, 0.15) is 36.3 Å². The van der Waals surface area contributed by atoms with Crippen LogP contribution in [0.5, 0.6) is 0 Å². The topological polar surface area (TPSA) is 37.3 Å². The molecule has 2 nitrogen and oxygen atoms in total. The molecule has 0 aliphatic heterocycles. The second-order valence-corrected chi connectivity index (χ2v) is 5.98. The third-order valence-electron chi connectivity index (χ3n) is 4.78. The van der Waals surface area contributed by atoms with Crippen molar-refractivity contribution in [2.24, 2.45) is 17.8 Å². The predicted octanol–water partition coefficient (Wildman–Crippen LogP) is 3.77. The van der Waals surface area contributed by atoms with Crippen molar-refractivity contribution in [1.29, 1.82) is 0 Å². The number of benzene rings is 1. The zero-order chi connectivity index (χ0) is 13.4. The number of aryl methyl sites for hydroxylation is 1. The standard InChI is InChI=1S/C17H20O2/c1-11-2-4-12(5-3-11)17-14-7-6-13(10-14)15(17)8-9-16(18)19/h2-7,13-15,17H,8-10H2,1H3,(H,18,19). The molecule has 2 aliphatic carbocycles. The van der Waals surface area contributed by atoms with Gasteiger partial charge in [0.05, 0.1) is 0 Å². The average molecular weight is 256 g/mol. The van der Waals surface area contributed by atoms with Gasteiger partial charge < -0.3 is 5.11 Å². The molecule has 100 valence electrons. The fraction of sp³-hybridized carbons (Fsp3) is 0.471. The highest BCUT2D eigenvalue weighted by Gasteiger charge is 2.44. The van der Waals surface area contributed by atoms with Crippen LogP contribution in [0.2, 0.25) is 0 Å². The largest absolute Gasteiger partial charge is 0.481 e. The third kappa shape index (κ3) is 2.32. The maximum atomic E-state index is 10.8. The zero-order valence-corrected chi connectivity index (χ0v) is 11.3. The van der Waals surface area contributed by atoms with Crippen LogP contribution in [0.4, 0.5) is 0 Å². The molecule has 1 N–H and O–H groups in total. The molecule has 0 radical (unpaired) electrons. The molecule has 1 saturated carbocycles. The van der Waals surface area contributed by atoms with Crippen LogP contribution in [0.15, 0.2) is 36.4 Å². The van der Waals surface area contributed by atoms with Crippen LogP contribution in [0, 0.1) is 24.7 Å². The van der Waals surface area contributed by atoms with E-state index in [0.717, 1.165) is 6.42 Å². The second-order valence-electron chi connectivity index (χ2n) is 5.98. The number of rotatable bonds is 4. The molecule has 1 aromatic carbocycles. The molecular weight excluding hydrogens is 236 g/mol. The lowest BCUT2D eigenvalue weighted by Gasteiger charge is -2.28. The Bertz CT molecular complexity index is 500. The van der Waals surface area contributed by atoms with Gasteiger partial charge in [-0.15, -0.1) is 0 Å². The van der Waals surface area contributed by atoms with Gasteiger partial charge in [-0.25, -0.2) is 0 Å². The number of carbonyl (C=O) groups is 1. The summed E-state index contributed by atoms with van der Waals surface area (Å²) in [6, 6.07) is 8.78. The van der Waals surface area contributed by atoms with Gasteiger partial charge in [0.25, 0.3) is 0 Å². The lowest BCUT2D eigenvalue weighted by molar-refractivity contribution is -0.137. The Morgan fingerprint density at radius 3 is 2.58 bits per heavy atom. The first kappa shape index (κ1) is 12.5. The van der Waals surface area contributed by atoms with Crippen LogP contribution in [-0.4, -0.2) is 11.1 Å². The molecule has 0 amide bonds. The van der Waals surface area contributed by atoms with Crippen molar-refractivity contribution in [2.75, 3.05) is 0 Å².